The number of nitro groups is 1. The van der Waals surface area contributed by atoms with Gasteiger partial charge in [0.2, 0.25) is 6.54 Å². The lowest BCUT2D eigenvalue weighted by Gasteiger charge is -2.14. The van der Waals surface area contributed by atoms with Gasteiger partial charge in [0.05, 0.1) is 5.92 Å². The third kappa shape index (κ3) is 3.54. The van der Waals surface area contributed by atoms with Crippen LogP contribution in [0.2, 0.25) is 0 Å². The third-order valence-electron chi connectivity index (χ3n) is 3.14. The zero-order valence-electron chi connectivity index (χ0n) is 10.7. The molecule has 0 aliphatic carbocycles. The van der Waals surface area contributed by atoms with E-state index >= 15 is 0 Å². The van der Waals surface area contributed by atoms with Crippen LogP contribution in [0.5, 0.6) is 5.75 Å². The van der Waals surface area contributed by atoms with Crippen LogP contribution in [-0.2, 0) is 6.42 Å². The van der Waals surface area contributed by atoms with Gasteiger partial charge in [0.1, 0.15) is 11.6 Å². The van der Waals surface area contributed by atoms with Crippen molar-refractivity contribution in [2.45, 2.75) is 12.3 Å². The summed E-state index contributed by atoms with van der Waals surface area (Å²) in [6.07, 6.45) is 0.374. The normalized spacial score (nSPS) is 12.1. The molecule has 0 aromatic heterocycles. The number of phenolic OH excluding ortho intramolecular Hbond substituents is 1. The van der Waals surface area contributed by atoms with E-state index in [9.17, 15) is 19.6 Å². The van der Waals surface area contributed by atoms with Crippen molar-refractivity contribution in [3.63, 3.8) is 0 Å². The minimum Gasteiger partial charge on any atom is -0.508 e. The molecule has 1 atom stereocenters. The Kier molecular flexibility index (Phi) is 4.30. The van der Waals surface area contributed by atoms with Crippen LogP contribution in [0, 0.1) is 15.9 Å². The molecule has 0 spiro atoms. The molecule has 0 fully saturated rings. The molecule has 1 unspecified atom stereocenters. The number of aromatic hydroxyl groups is 1. The van der Waals surface area contributed by atoms with Gasteiger partial charge in [0.25, 0.3) is 0 Å². The highest BCUT2D eigenvalue weighted by molar-refractivity contribution is 5.36. The summed E-state index contributed by atoms with van der Waals surface area (Å²) in [4.78, 5) is 10.4. The minimum atomic E-state index is -0.448. The SMILES string of the molecule is O=[N+]([O-])CC(Cc1ccc(F)cc1)c1ccccc1O. The van der Waals surface area contributed by atoms with Gasteiger partial charge in [-0.3, -0.25) is 10.1 Å². The zero-order valence-corrected chi connectivity index (χ0v) is 10.7. The topological polar surface area (TPSA) is 63.4 Å². The van der Waals surface area contributed by atoms with Gasteiger partial charge in [-0.15, -0.1) is 0 Å². The zero-order chi connectivity index (χ0) is 14.5. The Bertz CT molecular complexity index is 598. The van der Waals surface area contributed by atoms with Crippen molar-refractivity contribution >= 4 is 0 Å². The predicted molar refractivity (Wildman–Crippen MR) is 72.8 cm³/mol. The van der Waals surface area contributed by atoms with Crippen molar-refractivity contribution < 1.29 is 14.4 Å². The van der Waals surface area contributed by atoms with E-state index in [1.807, 2.05) is 0 Å². The highest BCUT2D eigenvalue weighted by Gasteiger charge is 2.21. The lowest BCUT2D eigenvalue weighted by atomic mass is 9.91. The third-order valence-corrected chi connectivity index (χ3v) is 3.14. The summed E-state index contributed by atoms with van der Waals surface area (Å²) in [7, 11) is 0. The smallest absolute Gasteiger partial charge is 0.211 e. The second-order valence-electron chi connectivity index (χ2n) is 4.60. The largest absolute Gasteiger partial charge is 0.508 e. The molecule has 0 saturated heterocycles. The molecule has 0 radical (unpaired) electrons. The first kappa shape index (κ1) is 14.0. The highest BCUT2D eigenvalue weighted by Crippen LogP contribution is 2.28. The summed E-state index contributed by atoms with van der Waals surface area (Å²) in [5.41, 5.74) is 1.33. The summed E-state index contributed by atoms with van der Waals surface area (Å²) < 4.78 is 12.9. The quantitative estimate of drug-likeness (QED) is 0.673. The van der Waals surface area contributed by atoms with Crippen molar-refractivity contribution in [1.29, 1.82) is 0 Å². The second-order valence-corrected chi connectivity index (χ2v) is 4.60. The molecule has 2 aromatic carbocycles. The Morgan fingerprint density at radius 1 is 1.15 bits per heavy atom. The van der Waals surface area contributed by atoms with Gasteiger partial charge >= 0.3 is 0 Å². The maximum Gasteiger partial charge on any atom is 0.211 e. The summed E-state index contributed by atoms with van der Waals surface area (Å²) in [5.74, 6) is -0.750. The Morgan fingerprint density at radius 2 is 1.80 bits per heavy atom. The van der Waals surface area contributed by atoms with E-state index in [0.717, 1.165) is 5.56 Å². The van der Waals surface area contributed by atoms with Crippen molar-refractivity contribution in [3.8, 4) is 5.75 Å². The molecule has 0 aliphatic rings. The van der Waals surface area contributed by atoms with Gasteiger partial charge in [0, 0.05) is 10.5 Å². The lowest BCUT2D eigenvalue weighted by molar-refractivity contribution is -0.483. The van der Waals surface area contributed by atoms with Crippen LogP contribution in [0.4, 0.5) is 4.39 Å². The van der Waals surface area contributed by atoms with Gasteiger partial charge < -0.3 is 5.11 Å². The summed E-state index contributed by atoms with van der Waals surface area (Å²) in [6.45, 7) is -0.283. The Hall–Kier alpha value is -2.43. The van der Waals surface area contributed by atoms with E-state index in [2.05, 4.69) is 0 Å². The van der Waals surface area contributed by atoms with E-state index in [0.29, 0.717) is 12.0 Å². The van der Waals surface area contributed by atoms with Crippen LogP contribution in [0.15, 0.2) is 48.5 Å². The maximum atomic E-state index is 12.9. The van der Waals surface area contributed by atoms with Gasteiger partial charge in [-0.25, -0.2) is 4.39 Å². The van der Waals surface area contributed by atoms with Crippen LogP contribution in [0.25, 0.3) is 0 Å². The molecule has 104 valence electrons. The van der Waals surface area contributed by atoms with Crippen LogP contribution < -0.4 is 0 Å². The summed E-state index contributed by atoms with van der Waals surface area (Å²) >= 11 is 0. The molecule has 0 amide bonds. The van der Waals surface area contributed by atoms with E-state index in [1.165, 1.54) is 18.2 Å². The molecule has 2 aromatic rings. The number of nitrogens with zero attached hydrogens (tertiary/aromatic N) is 1. The molecule has 0 aliphatic heterocycles. The first-order valence-electron chi connectivity index (χ1n) is 6.20. The lowest BCUT2D eigenvalue weighted by Crippen LogP contribution is -2.15. The van der Waals surface area contributed by atoms with E-state index in [4.69, 9.17) is 0 Å². The number of para-hydroxylation sites is 1. The molecule has 2 rings (SSSR count). The van der Waals surface area contributed by atoms with E-state index in [1.54, 1.807) is 30.3 Å². The Balaban J connectivity index is 2.26. The van der Waals surface area contributed by atoms with Gasteiger partial charge in [-0.1, -0.05) is 30.3 Å². The fourth-order valence-corrected chi connectivity index (χ4v) is 2.19. The average molecular weight is 275 g/mol. The van der Waals surface area contributed by atoms with Crippen molar-refractivity contribution in [1.82, 2.24) is 0 Å². The molecule has 0 bridgehead atoms. The van der Waals surface area contributed by atoms with Crippen LogP contribution in [-0.4, -0.2) is 16.6 Å². The fourth-order valence-electron chi connectivity index (χ4n) is 2.19. The van der Waals surface area contributed by atoms with E-state index in [-0.39, 0.29) is 18.1 Å². The molecule has 0 saturated carbocycles. The minimum absolute atomic E-state index is 0.0430. The average Bonchev–Trinajstić information content (AvgIpc) is 2.41. The first-order chi connectivity index (χ1) is 9.56. The highest BCUT2D eigenvalue weighted by atomic mass is 19.1. The monoisotopic (exact) mass is 275 g/mol. The van der Waals surface area contributed by atoms with Crippen LogP contribution in [0.1, 0.15) is 17.0 Å². The van der Waals surface area contributed by atoms with Crippen molar-refractivity contribution in [2.75, 3.05) is 6.54 Å². The number of hydrogen-bond acceptors (Lipinski definition) is 3. The van der Waals surface area contributed by atoms with E-state index < -0.39 is 10.8 Å². The summed E-state index contributed by atoms with van der Waals surface area (Å²) in [5, 5.41) is 20.6. The molecular weight excluding hydrogens is 261 g/mol. The molecule has 4 nitrogen and oxygen atoms in total. The number of benzene rings is 2. The molecular formula is C15H14FNO3. The molecule has 20 heavy (non-hydrogen) atoms. The Morgan fingerprint density at radius 3 is 2.40 bits per heavy atom. The van der Waals surface area contributed by atoms with Crippen molar-refractivity contribution in [2.24, 2.45) is 0 Å². The summed E-state index contributed by atoms with van der Waals surface area (Å²) in [6, 6.07) is 12.4. The molecule has 1 N–H and O–H groups in total. The molecule has 0 heterocycles. The van der Waals surface area contributed by atoms with Crippen LogP contribution in [0.3, 0.4) is 0 Å². The number of phenols is 1. The first-order valence-corrected chi connectivity index (χ1v) is 6.20. The predicted octanol–water partition coefficient (Wildman–Crippen LogP) is 3.13. The van der Waals surface area contributed by atoms with Gasteiger partial charge in [-0.05, 0) is 30.2 Å². The van der Waals surface area contributed by atoms with Crippen LogP contribution >= 0.6 is 0 Å². The van der Waals surface area contributed by atoms with Gasteiger partial charge in [0.15, 0.2) is 0 Å². The van der Waals surface area contributed by atoms with Crippen molar-refractivity contribution in [3.05, 3.63) is 75.6 Å². The fraction of sp³-hybridized carbons (Fsp3) is 0.200. The second kappa shape index (κ2) is 6.14. The standard InChI is InChI=1S/C15H14FNO3/c16-13-7-5-11(6-8-13)9-12(10-17(19)20)14-3-1-2-4-15(14)18/h1-8,12,18H,9-10H2. The number of rotatable bonds is 5. The number of hydrogen-bond donors (Lipinski definition) is 1. The Labute approximate surface area is 115 Å². The maximum absolute atomic E-state index is 12.9. The molecule has 5 heteroatoms. The number of halogens is 1. The van der Waals surface area contributed by atoms with Gasteiger partial charge in [-0.2, -0.15) is 0 Å².